The van der Waals surface area contributed by atoms with Gasteiger partial charge >= 0.3 is 0 Å². The molecular formula is C17H14N3+. The predicted molar refractivity (Wildman–Crippen MR) is 78.3 cm³/mol. The van der Waals surface area contributed by atoms with Crippen LogP contribution in [0.3, 0.4) is 0 Å². The maximum absolute atomic E-state index is 7.20. The van der Waals surface area contributed by atoms with Crippen LogP contribution in [0.15, 0.2) is 36.5 Å². The number of hydrogen-bond donors (Lipinski definition) is 0. The molecule has 0 spiro atoms. The van der Waals surface area contributed by atoms with Crippen molar-refractivity contribution in [2.24, 2.45) is 0 Å². The van der Waals surface area contributed by atoms with Crippen LogP contribution >= 0.6 is 0 Å². The summed E-state index contributed by atoms with van der Waals surface area (Å²) in [6.45, 7) is 12.4. The van der Waals surface area contributed by atoms with Crippen LogP contribution in [0.25, 0.3) is 21.4 Å². The normalized spacial score (nSPS) is 12.2. The first-order valence-corrected chi connectivity index (χ1v) is 6.71. The number of aryl methyl sites for hydroxylation is 1. The number of hydrogen-bond acceptors (Lipinski definition) is 0. The molecule has 3 nitrogen and oxygen atoms in total. The largest absolute Gasteiger partial charge is 0.238 e. The highest BCUT2D eigenvalue weighted by molar-refractivity contribution is 5.83. The maximum Gasteiger partial charge on any atom is 0.204 e. The first-order chi connectivity index (χ1) is 9.69. The van der Waals surface area contributed by atoms with Gasteiger partial charge in [0.05, 0.1) is 12.0 Å². The van der Waals surface area contributed by atoms with E-state index < -0.39 is 0 Å². The molecule has 3 heteroatoms. The van der Waals surface area contributed by atoms with E-state index in [0.29, 0.717) is 5.69 Å². The fraction of sp³-hybridized carbons (Fsp3) is 0.176. The second-order valence-electron chi connectivity index (χ2n) is 5.41. The molecular weight excluding hydrogens is 246 g/mol. The van der Waals surface area contributed by atoms with Crippen LogP contribution in [0.1, 0.15) is 16.7 Å². The molecule has 0 radical (unpaired) electrons. The Morgan fingerprint density at radius 3 is 2.85 bits per heavy atom. The average Bonchev–Trinajstić information content (AvgIpc) is 2.98. The van der Waals surface area contributed by atoms with Crippen LogP contribution in [0.5, 0.6) is 0 Å². The summed E-state index contributed by atoms with van der Waals surface area (Å²) in [7, 11) is 0. The van der Waals surface area contributed by atoms with Crippen LogP contribution in [0.4, 0.5) is 5.69 Å². The molecule has 1 aliphatic rings. The van der Waals surface area contributed by atoms with Gasteiger partial charge in [-0.05, 0) is 37.1 Å². The second kappa shape index (κ2) is 3.71. The molecule has 20 heavy (non-hydrogen) atoms. The van der Waals surface area contributed by atoms with Gasteiger partial charge in [0.1, 0.15) is 11.2 Å². The van der Waals surface area contributed by atoms with Crippen molar-refractivity contribution in [2.75, 3.05) is 0 Å². The lowest BCUT2D eigenvalue weighted by atomic mass is 10.0. The Labute approximate surface area is 117 Å². The molecule has 0 fully saturated rings. The van der Waals surface area contributed by atoms with Gasteiger partial charge in [-0.15, -0.1) is 9.36 Å². The number of nitrogens with zero attached hydrogens (tertiary/aromatic N) is 3. The average molecular weight is 260 g/mol. The summed E-state index contributed by atoms with van der Waals surface area (Å²) in [5.74, 6) is 0. The lowest BCUT2D eigenvalue weighted by Crippen LogP contribution is -2.36. The molecule has 96 valence electrons. The molecule has 0 saturated carbocycles. The number of benzene rings is 2. The summed E-state index contributed by atoms with van der Waals surface area (Å²) in [5.41, 5.74) is 7.06. The highest BCUT2D eigenvalue weighted by atomic mass is 15.4. The highest BCUT2D eigenvalue weighted by Gasteiger charge is 2.29. The van der Waals surface area contributed by atoms with Crippen molar-refractivity contribution < 1.29 is 4.68 Å². The smallest absolute Gasteiger partial charge is 0.204 e. The zero-order chi connectivity index (χ0) is 13.9. The summed E-state index contributed by atoms with van der Waals surface area (Å²) in [6, 6.07) is 10.3. The van der Waals surface area contributed by atoms with E-state index in [1.807, 2.05) is 18.2 Å². The van der Waals surface area contributed by atoms with Gasteiger partial charge in [0.2, 0.25) is 6.20 Å². The Morgan fingerprint density at radius 2 is 2.05 bits per heavy atom. The van der Waals surface area contributed by atoms with E-state index in [1.54, 1.807) is 0 Å². The minimum Gasteiger partial charge on any atom is -0.238 e. The van der Waals surface area contributed by atoms with Crippen LogP contribution in [0.2, 0.25) is 0 Å². The van der Waals surface area contributed by atoms with E-state index in [2.05, 4.69) is 46.4 Å². The fourth-order valence-corrected chi connectivity index (χ4v) is 3.07. The zero-order valence-electron chi connectivity index (χ0n) is 11.5. The summed E-state index contributed by atoms with van der Waals surface area (Å²) < 4.78 is 4.48. The number of rotatable bonds is 0. The molecule has 4 rings (SSSR count). The van der Waals surface area contributed by atoms with Crippen LogP contribution in [-0.2, 0) is 6.54 Å². The maximum atomic E-state index is 7.20. The van der Waals surface area contributed by atoms with E-state index >= 15 is 0 Å². The molecule has 0 amide bonds. The molecule has 0 N–H and O–H groups in total. The Hall–Kier alpha value is -2.60. The Bertz CT molecular complexity index is 910. The molecule has 0 atom stereocenters. The third kappa shape index (κ3) is 1.31. The van der Waals surface area contributed by atoms with Gasteiger partial charge in [-0.2, -0.15) is 0 Å². The first kappa shape index (κ1) is 11.2. The van der Waals surface area contributed by atoms with Gasteiger partial charge < -0.3 is 0 Å². The molecule has 0 bridgehead atoms. The molecule has 2 heterocycles. The lowest BCUT2D eigenvalue weighted by Gasteiger charge is -2.06. The lowest BCUT2D eigenvalue weighted by molar-refractivity contribution is -0.749. The van der Waals surface area contributed by atoms with Gasteiger partial charge in [0, 0.05) is 5.56 Å². The molecule has 2 aromatic carbocycles. The standard InChI is InChI=1S/C17H14N3/c1-11-4-5-14-10-19-9-13-6-7-15(18-3)8-16(13)20(19)17(14)12(11)2/h4-9H,10H2,1-2H3/q+1. The van der Waals surface area contributed by atoms with Crippen molar-refractivity contribution in [3.63, 3.8) is 0 Å². The summed E-state index contributed by atoms with van der Waals surface area (Å²) >= 11 is 0. The molecule has 1 aliphatic heterocycles. The van der Waals surface area contributed by atoms with E-state index in [-0.39, 0.29) is 0 Å². The first-order valence-electron chi connectivity index (χ1n) is 6.71. The van der Waals surface area contributed by atoms with Gasteiger partial charge in [0.25, 0.3) is 0 Å². The number of aromatic nitrogens is 2. The van der Waals surface area contributed by atoms with Crippen molar-refractivity contribution in [2.45, 2.75) is 20.4 Å². The Morgan fingerprint density at radius 1 is 1.20 bits per heavy atom. The van der Waals surface area contributed by atoms with Crippen molar-refractivity contribution in [3.8, 4) is 5.69 Å². The monoisotopic (exact) mass is 260 g/mol. The molecule has 0 saturated heterocycles. The van der Waals surface area contributed by atoms with Gasteiger partial charge in [-0.25, -0.2) is 4.85 Å². The van der Waals surface area contributed by atoms with Gasteiger partial charge in [-0.1, -0.05) is 18.2 Å². The highest BCUT2D eigenvalue weighted by Crippen LogP contribution is 2.30. The summed E-state index contributed by atoms with van der Waals surface area (Å²) in [4.78, 5) is 3.55. The van der Waals surface area contributed by atoms with E-state index in [4.69, 9.17) is 6.57 Å². The van der Waals surface area contributed by atoms with E-state index in [9.17, 15) is 0 Å². The predicted octanol–water partition coefficient (Wildman–Crippen LogP) is 3.45. The minimum atomic E-state index is 0.692. The molecule has 0 aliphatic carbocycles. The number of fused-ring (bicyclic) bond motifs is 5. The minimum absolute atomic E-state index is 0.692. The molecule has 3 aromatic rings. The SMILES string of the molecule is [C-]#[N+]c1ccc2c[n+]3n(c2c1)-c1c(ccc(C)c1C)C3. The Balaban J connectivity index is 2.12. The summed E-state index contributed by atoms with van der Waals surface area (Å²) in [5, 5.41) is 1.18. The quantitative estimate of drug-likeness (QED) is 0.339. The third-order valence-electron chi connectivity index (χ3n) is 4.25. The zero-order valence-corrected chi connectivity index (χ0v) is 11.5. The van der Waals surface area contributed by atoms with E-state index in [1.165, 1.54) is 27.8 Å². The van der Waals surface area contributed by atoms with E-state index in [0.717, 1.165) is 12.1 Å². The fourth-order valence-electron chi connectivity index (χ4n) is 3.07. The van der Waals surface area contributed by atoms with Crippen molar-refractivity contribution in [1.82, 2.24) is 4.68 Å². The summed E-state index contributed by atoms with van der Waals surface area (Å²) in [6.07, 6.45) is 2.16. The van der Waals surface area contributed by atoms with Crippen LogP contribution in [0, 0.1) is 20.4 Å². The van der Waals surface area contributed by atoms with Crippen LogP contribution in [-0.4, -0.2) is 4.68 Å². The van der Waals surface area contributed by atoms with Crippen LogP contribution < -0.4 is 4.68 Å². The molecule has 0 unspecified atom stereocenters. The van der Waals surface area contributed by atoms with Crippen molar-refractivity contribution in [1.29, 1.82) is 0 Å². The van der Waals surface area contributed by atoms with Crippen molar-refractivity contribution in [3.05, 3.63) is 64.6 Å². The van der Waals surface area contributed by atoms with Gasteiger partial charge in [-0.3, -0.25) is 0 Å². The third-order valence-corrected chi connectivity index (χ3v) is 4.25. The molecule has 1 aromatic heterocycles. The van der Waals surface area contributed by atoms with Crippen molar-refractivity contribution >= 4 is 16.6 Å². The topological polar surface area (TPSA) is 13.2 Å². The second-order valence-corrected chi connectivity index (χ2v) is 5.41. The van der Waals surface area contributed by atoms with Gasteiger partial charge in [0.15, 0.2) is 12.2 Å². The Kier molecular flexibility index (Phi) is 2.08.